The number of esters is 1. The number of ether oxygens (including phenoxy) is 1. The minimum Gasteiger partial charge on any atom is -0.462 e. The van der Waals surface area contributed by atoms with Crippen LogP contribution >= 0.6 is 0 Å². The van der Waals surface area contributed by atoms with E-state index in [4.69, 9.17) is 4.74 Å². The summed E-state index contributed by atoms with van der Waals surface area (Å²) >= 11 is 0. The molecule has 0 fully saturated rings. The SMILES string of the molecule is CC(C)C(C)OC(=O)C(C)(C)C. The zero-order chi connectivity index (χ0) is 9.94. The average Bonchev–Trinajstić information content (AvgIpc) is 1.85. The van der Waals surface area contributed by atoms with E-state index >= 15 is 0 Å². The number of rotatable bonds is 2. The van der Waals surface area contributed by atoms with Gasteiger partial charge in [-0.1, -0.05) is 13.8 Å². The molecule has 0 aromatic heterocycles. The summed E-state index contributed by atoms with van der Waals surface area (Å²) in [5.74, 6) is 0.264. The monoisotopic (exact) mass is 172 g/mol. The Kier molecular flexibility index (Phi) is 3.75. The Bertz CT molecular complexity index is 154. The van der Waals surface area contributed by atoms with Crippen molar-refractivity contribution >= 4 is 5.97 Å². The van der Waals surface area contributed by atoms with Crippen LogP contribution in [0.25, 0.3) is 0 Å². The third-order valence-electron chi connectivity index (χ3n) is 1.84. The molecule has 0 aromatic carbocycles. The van der Waals surface area contributed by atoms with Crippen molar-refractivity contribution in [2.24, 2.45) is 11.3 Å². The Morgan fingerprint density at radius 2 is 1.58 bits per heavy atom. The van der Waals surface area contributed by atoms with Crippen LogP contribution in [0.5, 0.6) is 0 Å². The van der Waals surface area contributed by atoms with Gasteiger partial charge in [-0.25, -0.2) is 0 Å². The summed E-state index contributed by atoms with van der Waals surface area (Å²) in [6.07, 6.45) is 0.0109. The lowest BCUT2D eigenvalue weighted by atomic mass is 9.97. The van der Waals surface area contributed by atoms with Gasteiger partial charge in [-0.2, -0.15) is 0 Å². The zero-order valence-corrected chi connectivity index (χ0v) is 8.97. The summed E-state index contributed by atoms with van der Waals surface area (Å²) in [5, 5.41) is 0. The second-order valence-corrected chi connectivity index (χ2v) is 4.60. The van der Waals surface area contributed by atoms with Crippen LogP contribution in [0.15, 0.2) is 0 Å². The maximum absolute atomic E-state index is 11.4. The quantitative estimate of drug-likeness (QED) is 0.598. The second kappa shape index (κ2) is 3.92. The number of hydrogen-bond acceptors (Lipinski definition) is 2. The van der Waals surface area contributed by atoms with Gasteiger partial charge < -0.3 is 4.74 Å². The van der Waals surface area contributed by atoms with Gasteiger partial charge in [0.15, 0.2) is 0 Å². The van der Waals surface area contributed by atoms with Gasteiger partial charge in [0, 0.05) is 0 Å². The number of hydrogen-bond donors (Lipinski definition) is 0. The zero-order valence-electron chi connectivity index (χ0n) is 8.97. The lowest BCUT2D eigenvalue weighted by Gasteiger charge is -2.22. The van der Waals surface area contributed by atoms with Crippen LogP contribution in [0.1, 0.15) is 41.5 Å². The summed E-state index contributed by atoms with van der Waals surface area (Å²) in [5.41, 5.74) is -0.386. The molecule has 72 valence electrons. The Hall–Kier alpha value is -0.530. The molecule has 1 atom stereocenters. The summed E-state index contributed by atoms with van der Waals surface area (Å²) in [6.45, 7) is 11.6. The molecule has 0 bridgehead atoms. The van der Waals surface area contributed by atoms with Gasteiger partial charge in [0.2, 0.25) is 0 Å². The van der Waals surface area contributed by atoms with Crippen LogP contribution in [0.3, 0.4) is 0 Å². The summed E-state index contributed by atoms with van der Waals surface area (Å²) in [4.78, 5) is 11.4. The van der Waals surface area contributed by atoms with Crippen molar-refractivity contribution in [1.29, 1.82) is 0 Å². The molecule has 0 rings (SSSR count). The molecule has 0 aliphatic carbocycles. The van der Waals surface area contributed by atoms with E-state index in [1.54, 1.807) is 0 Å². The van der Waals surface area contributed by atoms with Gasteiger partial charge in [-0.3, -0.25) is 4.79 Å². The Balaban J connectivity index is 4.02. The van der Waals surface area contributed by atoms with Crippen molar-refractivity contribution in [3.8, 4) is 0 Å². The molecule has 0 radical (unpaired) electrons. The first-order valence-electron chi connectivity index (χ1n) is 4.46. The maximum atomic E-state index is 11.4. The van der Waals surface area contributed by atoms with Gasteiger partial charge in [-0.05, 0) is 33.6 Å². The molecule has 0 N–H and O–H groups in total. The molecule has 0 saturated carbocycles. The van der Waals surface area contributed by atoms with Crippen molar-refractivity contribution in [2.45, 2.75) is 47.6 Å². The average molecular weight is 172 g/mol. The van der Waals surface area contributed by atoms with Gasteiger partial charge >= 0.3 is 5.97 Å². The van der Waals surface area contributed by atoms with Gasteiger partial charge in [0.1, 0.15) is 6.10 Å². The lowest BCUT2D eigenvalue weighted by molar-refractivity contribution is -0.159. The van der Waals surface area contributed by atoms with E-state index in [0.717, 1.165) is 0 Å². The summed E-state index contributed by atoms with van der Waals surface area (Å²) < 4.78 is 5.24. The highest BCUT2D eigenvalue weighted by atomic mass is 16.5. The first-order valence-corrected chi connectivity index (χ1v) is 4.46. The molecule has 0 aliphatic rings. The second-order valence-electron chi connectivity index (χ2n) is 4.60. The molecule has 0 spiro atoms. The highest BCUT2D eigenvalue weighted by molar-refractivity contribution is 5.75. The van der Waals surface area contributed by atoms with E-state index < -0.39 is 0 Å². The Labute approximate surface area is 75.3 Å². The maximum Gasteiger partial charge on any atom is 0.311 e. The van der Waals surface area contributed by atoms with Crippen LogP contribution in [-0.4, -0.2) is 12.1 Å². The molecule has 0 aromatic rings. The van der Waals surface area contributed by atoms with Crippen LogP contribution in [0.2, 0.25) is 0 Å². The minimum absolute atomic E-state index is 0.0109. The third kappa shape index (κ3) is 3.74. The van der Waals surface area contributed by atoms with E-state index in [-0.39, 0.29) is 17.5 Å². The first-order chi connectivity index (χ1) is 5.25. The highest BCUT2D eigenvalue weighted by Gasteiger charge is 2.25. The fourth-order valence-corrected chi connectivity index (χ4v) is 0.482. The minimum atomic E-state index is -0.386. The normalized spacial score (nSPS) is 14.6. The van der Waals surface area contributed by atoms with Crippen molar-refractivity contribution < 1.29 is 9.53 Å². The van der Waals surface area contributed by atoms with Crippen molar-refractivity contribution in [2.75, 3.05) is 0 Å². The van der Waals surface area contributed by atoms with Crippen LogP contribution in [0.4, 0.5) is 0 Å². The molecule has 0 heterocycles. The standard InChI is InChI=1S/C10H20O2/c1-7(2)8(3)12-9(11)10(4,5)6/h7-8H,1-6H3. The lowest BCUT2D eigenvalue weighted by Crippen LogP contribution is -2.29. The molecule has 0 aliphatic heterocycles. The van der Waals surface area contributed by atoms with Crippen LogP contribution < -0.4 is 0 Å². The molecular weight excluding hydrogens is 152 g/mol. The topological polar surface area (TPSA) is 26.3 Å². The van der Waals surface area contributed by atoms with Crippen molar-refractivity contribution in [1.82, 2.24) is 0 Å². The van der Waals surface area contributed by atoms with Crippen molar-refractivity contribution in [3.05, 3.63) is 0 Å². The largest absolute Gasteiger partial charge is 0.462 e. The van der Waals surface area contributed by atoms with Gasteiger partial charge in [0.05, 0.1) is 5.41 Å². The highest BCUT2D eigenvalue weighted by Crippen LogP contribution is 2.18. The predicted octanol–water partition coefficient (Wildman–Crippen LogP) is 2.62. The molecule has 12 heavy (non-hydrogen) atoms. The van der Waals surface area contributed by atoms with Gasteiger partial charge in [-0.15, -0.1) is 0 Å². The fraction of sp³-hybridized carbons (Fsp3) is 0.900. The van der Waals surface area contributed by atoms with E-state index in [0.29, 0.717) is 5.92 Å². The van der Waals surface area contributed by atoms with Crippen LogP contribution in [-0.2, 0) is 9.53 Å². The molecule has 0 amide bonds. The molecule has 0 saturated heterocycles. The summed E-state index contributed by atoms with van der Waals surface area (Å²) in [7, 11) is 0. The molecule has 2 heteroatoms. The van der Waals surface area contributed by atoms with E-state index in [9.17, 15) is 4.79 Å². The van der Waals surface area contributed by atoms with E-state index in [1.807, 2.05) is 41.5 Å². The fourth-order valence-electron chi connectivity index (χ4n) is 0.482. The first kappa shape index (κ1) is 11.5. The van der Waals surface area contributed by atoms with E-state index in [1.165, 1.54) is 0 Å². The Morgan fingerprint density at radius 1 is 1.17 bits per heavy atom. The van der Waals surface area contributed by atoms with E-state index in [2.05, 4.69) is 0 Å². The Morgan fingerprint density at radius 3 is 1.83 bits per heavy atom. The smallest absolute Gasteiger partial charge is 0.311 e. The van der Waals surface area contributed by atoms with Crippen LogP contribution in [0, 0.1) is 11.3 Å². The predicted molar refractivity (Wildman–Crippen MR) is 49.8 cm³/mol. The van der Waals surface area contributed by atoms with Gasteiger partial charge in [0.25, 0.3) is 0 Å². The molecule has 1 unspecified atom stereocenters. The molecule has 2 nitrogen and oxygen atoms in total. The number of carbonyl (C=O) groups excluding carboxylic acids is 1. The third-order valence-corrected chi connectivity index (χ3v) is 1.84. The van der Waals surface area contributed by atoms with Crippen molar-refractivity contribution in [3.63, 3.8) is 0 Å². The number of carbonyl (C=O) groups is 1. The molecular formula is C10H20O2. The summed E-state index contributed by atoms with van der Waals surface area (Å²) in [6, 6.07) is 0.